The molecule has 0 heterocycles. The fraction of sp³-hybridized carbons (Fsp3) is 0. The summed E-state index contributed by atoms with van der Waals surface area (Å²) in [7, 11) is -1.20. The zero-order valence-corrected chi connectivity index (χ0v) is 15.1. The Morgan fingerprint density at radius 2 is 1.28 bits per heavy atom. The van der Waals surface area contributed by atoms with Gasteiger partial charge < -0.3 is 0 Å². The molecular formula is C22H16OS2. The van der Waals surface area contributed by atoms with Crippen molar-refractivity contribution >= 4 is 33.3 Å². The maximum absolute atomic E-state index is 13.2. The molecule has 0 N–H and O–H groups in total. The molecule has 25 heavy (non-hydrogen) atoms. The molecule has 0 aliphatic rings. The average molecular weight is 361 g/mol. The third-order valence-electron chi connectivity index (χ3n) is 3.96. The summed E-state index contributed by atoms with van der Waals surface area (Å²) >= 11 is 1.71. The summed E-state index contributed by atoms with van der Waals surface area (Å²) in [5, 5.41) is 2.18. The van der Waals surface area contributed by atoms with Gasteiger partial charge in [-0.3, -0.25) is 0 Å². The van der Waals surface area contributed by atoms with Gasteiger partial charge in [-0.1, -0.05) is 72.4 Å². The molecule has 0 saturated heterocycles. The van der Waals surface area contributed by atoms with Gasteiger partial charge >= 0.3 is 0 Å². The molecule has 0 aromatic heterocycles. The molecule has 0 bridgehead atoms. The van der Waals surface area contributed by atoms with Crippen LogP contribution in [0.25, 0.3) is 10.8 Å². The fourth-order valence-corrected chi connectivity index (χ4v) is 5.16. The van der Waals surface area contributed by atoms with E-state index in [4.69, 9.17) is 0 Å². The van der Waals surface area contributed by atoms with E-state index in [1.165, 1.54) is 4.90 Å². The number of benzene rings is 4. The van der Waals surface area contributed by atoms with Crippen LogP contribution >= 0.6 is 11.8 Å². The molecule has 0 aliphatic carbocycles. The second-order valence-corrected chi connectivity index (χ2v) is 8.17. The minimum atomic E-state index is -1.20. The van der Waals surface area contributed by atoms with Crippen LogP contribution in [-0.2, 0) is 10.8 Å². The SMILES string of the molecule is O=S(c1ccccc1)c1cccc2cccc(Sc3ccccc3)c12. The first-order valence-electron chi connectivity index (χ1n) is 8.04. The van der Waals surface area contributed by atoms with Crippen LogP contribution in [0.5, 0.6) is 0 Å². The Morgan fingerprint density at radius 1 is 0.640 bits per heavy atom. The predicted octanol–water partition coefficient (Wildman–Crippen LogP) is 6.16. The third kappa shape index (κ3) is 3.39. The summed E-state index contributed by atoms with van der Waals surface area (Å²) in [6.45, 7) is 0. The molecule has 4 aromatic rings. The normalized spacial score (nSPS) is 12.2. The highest BCUT2D eigenvalue weighted by molar-refractivity contribution is 7.99. The van der Waals surface area contributed by atoms with Crippen LogP contribution in [0.15, 0.2) is 117 Å². The molecule has 0 aliphatic heterocycles. The van der Waals surface area contributed by atoms with E-state index in [1.54, 1.807) is 11.8 Å². The minimum absolute atomic E-state index is 0.828. The van der Waals surface area contributed by atoms with Gasteiger partial charge in [0.25, 0.3) is 0 Å². The van der Waals surface area contributed by atoms with Crippen LogP contribution in [0.1, 0.15) is 0 Å². The fourth-order valence-electron chi connectivity index (χ4n) is 2.80. The molecule has 3 heteroatoms. The van der Waals surface area contributed by atoms with Crippen LogP contribution < -0.4 is 0 Å². The first kappa shape index (κ1) is 16.1. The molecule has 0 fully saturated rings. The van der Waals surface area contributed by atoms with E-state index >= 15 is 0 Å². The Hall–Kier alpha value is -2.36. The summed E-state index contributed by atoms with van der Waals surface area (Å²) in [6, 6.07) is 32.2. The van der Waals surface area contributed by atoms with Crippen LogP contribution in [0.4, 0.5) is 0 Å². The van der Waals surface area contributed by atoms with Crippen molar-refractivity contribution in [3.05, 3.63) is 97.1 Å². The van der Waals surface area contributed by atoms with Gasteiger partial charge in [0.1, 0.15) is 0 Å². The topological polar surface area (TPSA) is 17.1 Å². The number of hydrogen-bond donors (Lipinski definition) is 0. The van der Waals surface area contributed by atoms with Crippen molar-refractivity contribution in [2.75, 3.05) is 0 Å². The Balaban J connectivity index is 1.86. The van der Waals surface area contributed by atoms with Gasteiger partial charge in [0.15, 0.2) is 0 Å². The van der Waals surface area contributed by atoms with E-state index in [2.05, 4.69) is 36.4 Å². The zero-order chi connectivity index (χ0) is 17.1. The maximum atomic E-state index is 13.2. The number of fused-ring (bicyclic) bond motifs is 1. The molecule has 0 saturated carbocycles. The standard InChI is InChI=1S/C22H16OS2/c23-25(19-13-5-2-6-14-19)21-16-8-10-17-9-7-15-20(22(17)21)24-18-11-3-1-4-12-18/h1-16H. The summed E-state index contributed by atoms with van der Waals surface area (Å²) < 4.78 is 13.2. The predicted molar refractivity (Wildman–Crippen MR) is 106 cm³/mol. The van der Waals surface area contributed by atoms with Gasteiger partial charge in [0.2, 0.25) is 0 Å². The molecule has 1 nitrogen and oxygen atoms in total. The second kappa shape index (κ2) is 7.26. The lowest BCUT2D eigenvalue weighted by Crippen LogP contribution is -1.95. The van der Waals surface area contributed by atoms with E-state index in [0.29, 0.717) is 0 Å². The van der Waals surface area contributed by atoms with Gasteiger partial charge in [-0.05, 0) is 41.8 Å². The van der Waals surface area contributed by atoms with E-state index in [1.807, 2.05) is 60.7 Å². The van der Waals surface area contributed by atoms with Crippen molar-refractivity contribution < 1.29 is 4.21 Å². The van der Waals surface area contributed by atoms with Gasteiger partial charge in [0, 0.05) is 20.1 Å². The number of rotatable bonds is 4. The quantitative estimate of drug-likeness (QED) is 0.434. The first-order chi connectivity index (χ1) is 12.3. The first-order valence-corrected chi connectivity index (χ1v) is 10.0. The van der Waals surface area contributed by atoms with Crippen molar-refractivity contribution in [1.82, 2.24) is 0 Å². The minimum Gasteiger partial charge on any atom is -0.249 e. The largest absolute Gasteiger partial charge is 0.249 e. The monoisotopic (exact) mass is 360 g/mol. The Labute approximate surface area is 154 Å². The highest BCUT2D eigenvalue weighted by Gasteiger charge is 2.14. The summed E-state index contributed by atoms with van der Waals surface area (Å²) in [5.41, 5.74) is 0. The zero-order valence-electron chi connectivity index (χ0n) is 13.5. The molecule has 0 amide bonds. The molecule has 1 unspecified atom stereocenters. The van der Waals surface area contributed by atoms with Gasteiger partial charge in [-0.2, -0.15) is 0 Å². The Kier molecular flexibility index (Phi) is 4.68. The molecule has 4 rings (SSSR count). The van der Waals surface area contributed by atoms with Crippen molar-refractivity contribution in [1.29, 1.82) is 0 Å². The van der Waals surface area contributed by atoms with E-state index in [-0.39, 0.29) is 0 Å². The smallest absolute Gasteiger partial charge is 0.0856 e. The van der Waals surface area contributed by atoms with Gasteiger partial charge in [-0.15, -0.1) is 0 Å². The van der Waals surface area contributed by atoms with Crippen molar-refractivity contribution in [3.63, 3.8) is 0 Å². The molecule has 1 atom stereocenters. The van der Waals surface area contributed by atoms with Gasteiger partial charge in [-0.25, -0.2) is 4.21 Å². The second-order valence-electron chi connectivity index (χ2n) is 5.61. The van der Waals surface area contributed by atoms with Crippen LogP contribution in [0, 0.1) is 0 Å². The highest BCUT2D eigenvalue weighted by atomic mass is 32.2. The maximum Gasteiger partial charge on any atom is 0.0856 e. The molecule has 122 valence electrons. The molecule has 4 aromatic carbocycles. The summed E-state index contributed by atoms with van der Waals surface area (Å²) in [6.07, 6.45) is 0. The van der Waals surface area contributed by atoms with Crippen molar-refractivity contribution in [3.8, 4) is 0 Å². The Morgan fingerprint density at radius 3 is 2.00 bits per heavy atom. The van der Waals surface area contributed by atoms with Crippen molar-refractivity contribution in [2.24, 2.45) is 0 Å². The number of hydrogen-bond acceptors (Lipinski definition) is 2. The van der Waals surface area contributed by atoms with Crippen LogP contribution in [0.2, 0.25) is 0 Å². The average Bonchev–Trinajstić information content (AvgIpc) is 2.69. The van der Waals surface area contributed by atoms with E-state index in [0.717, 1.165) is 25.5 Å². The molecule has 0 radical (unpaired) electrons. The Bertz CT molecular complexity index is 1020. The van der Waals surface area contributed by atoms with Crippen molar-refractivity contribution in [2.45, 2.75) is 19.6 Å². The lowest BCUT2D eigenvalue weighted by atomic mass is 10.1. The lowest BCUT2D eigenvalue weighted by molar-refractivity contribution is 0.683. The molecular weight excluding hydrogens is 344 g/mol. The lowest BCUT2D eigenvalue weighted by Gasteiger charge is -2.11. The van der Waals surface area contributed by atoms with Gasteiger partial charge in [0.05, 0.1) is 15.7 Å². The van der Waals surface area contributed by atoms with E-state index in [9.17, 15) is 4.21 Å². The summed E-state index contributed by atoms with van der Waals surface area (Å²) in [4.78, 5) is 4.00. The van der Waals surface area contributed by atoms with Crippen LogP contribution in [0.3, 0.4) is 0 Å². The third-order valence-corrected chi connectivity index (χ3v) is 6.46. The molecule has 0 spiro atoms. The summed E-state index contributed by atoms with van der Waals surface area (Å²) in [5.74, 6) is 0. The van der Waals surface area contributed by atoms with Crippen LogP contribution in [-0.4, -0.2) is 4.21 Å². The highest BCUT2D eigenvalue weighted by Crippen LogP contribution is 2.37. The van der Waals surface area contributed by atoms with E-state index < -0.39 is 10.8 Å².